The fourth-order valence-corrected chi connectivity index (χ4v) is 0.871. The number of hydrogen-bond donors (Lipinski definition) is 1. The summed E-state index contributed by atoms with van der Waals surface area (Å²) < 4.78 is 0. The maximum atomic E-state index is 8.82. The number of allylic oxidation sites excluding steroid dienone is 1. The molecule has 0 saturated carbocycles. The van der Waals surface area contributed by atoms with Crippen LogP contribution in [0, 0.1) is 0 Å². The molecule has 0 aliphatic heterocycles. The Balaban J connectivity index is 2.50. The largest absolute Gasteiger partial charge is 0.389 e. The van der Waals surface area contributed by atoms with Crippen molar-refractivity contribution in [3.05, 3.63) is 11.6 Å². The van der Waals surface area contributed by atoms with Crippen LogP contribution in [0.4, 0.5) is 0 Å². The van der Waals surface area contributed by atoms with Crippen LogP contribution < -0.4 is 0 Å². The minimum atomic E-state index is -0.139. The summed E-state index contributed by atoms with van der Waals surface area (Å²) in [5.41, 5.74) is 1.33. The molecule has 40 valence electrons. The highest BCUT2D eigenvalue weighted by Crippen LogP contribution is 2.16. The van der Waals surface area contributed by atoms with Gasteiger partial charge in [-0.3, -0.25) is 0 Å². The van der Waals surface area contributed by atoms with Crippen molar-refractivity contribution in [2.24, 2.45) is 0 Å². The predicted molar refractivity (Wildman–Crippen MR) is 29.0 cm³/mol. The van der Waals surface area contributed by atoms with Gasteiger partial charge in [0.05, 0.1) is 6.10 Å². The molecule has 1 rings (SSSR count). The predicted octanol–water partition coefficient (Wildman–Crippen LogP) is 1.09. The van der Waals surface area contributed by atoms with Crippen LogP contribution in [0.15, 0.2) is 11.6 Å². The van der Waals surface area contributed by atoms with Crippen LogP contribution in [-0.4, -0.2) is 11.2 Å². The van der Waals surface area contributed by atoms with Gasteiger partial charge in [0.25, 0.3) is 0 Å². The van der Waals surface area contributed by atoms with Gasteiger partial charge in [-0.25, -0.2) is 0 Å². The normalized spacial score (nSPS) is 30.6. The SMILES string of the molecule is CC1=C[C@H](O)CC1. The molecule has 1 heteroatoms. The number of aliphatic hydroxyl groups excluding tert-OH is 1. The molecule has 1 nitrogen and oxygen atoms in total. The van der Waals surface area contributed by atoms with Crippen LogP contribution in [0.25, 0.3) is 0 Å². The minimum absolute atomic E-state index is 0.139. The highest BCUT2D eigenvalue weighted by molar-refractivity contribution is 5.08. The van der Waals surface area contributed by atoms with E-state index in [2.05, 4.69) is 6.92 Å². The van der Waals surface area contributed by atoms with Gasteiger partial charge in [-0.15, -0.1) is 0 Å². The summed E-state index contributed by atoms with van der Waals surface area (Å²) in [5.74, 6) is 0. The van der Waals surface area contributed by atoms with E-state index in [9.17, 15) is 0 Å². The van der Waals surface area contributed by atoms with Crippen LogP contribution >= 0.6 is 0 Å². The molecule has 0 fully saturated rings. The molecule has 0 radical (unpaired) electrons. The Morgan fingerprint density at radius 1 is 1.86 bits per heavy atom. The van der Waals surface area contributed by atoms with Gasteiger partial charge in [0, 0.05) is 0 Å². The lowest BCUT2D eigenvalue weighted by molar-refractivity contribution is 0.223. The minimum Gasteiger partial charge on any atom is -0.389 e. The summed E-state index contributed by atoms with van der Waals surface area (Å²) >= 11 is 0. The third kappa shape index (κ3) is 1.03. The molecule has 0 bridgehead atoms. The van der Waals surface area contributed by atoms with Crippen molar-refractivity contribution in [2.45, 2.75) is 25.9 Å². The van der Waals surface area contributed by atoms with Crippen molar-refractivity contribution >= 4 is 0 Å². The molecule has 0 saturated heterocycles. The van der Waals surface area contributed by atoms with E-state index in [0.717, 1.165) is 12.8 Å². The monoisotopic (exact) mass is 98.1 g/mol. The van der Waals surface area contributed by atoms with Gasteiger partial charge in [0.15, 0.2) is 0 Å². The lowest BCUT2D eigenvalue weighted by Crippen LogP contribution is -1.93. The molecule has 1 atom stereocenters. The lowest BCUT2D eigenvalue weighted by Gasteiger charge is -1.89. The van der Waals surface area contributed by atoms with E-state index in [1.54, 1.807) is 0 Å². The molecule has 1 aliphatic carbocycles. The van der Waals surface area contributed by atoms with Gasteiger partial charge in [0.1, 0.15) is 0 Å². The average molecular weight is 98.1 g/mol. The Morgan fingerprint density at radius 3 is 2.71 bits per heavy atom. The van der Waals surface area contributed by atoms with Crippen molar-refractivity contribution < 1.29 is 5.11 Å². The number of rotatable bonds is 0. The maximum Gasteiger partial charge on any atom is 0.0726 e. The zero-order valence-electron chi connectivity index (χ0n) is 4.52. The van der Waals surface area contributed by atoms with E-state index in [-0.39, 0.29) is 6.10 Å². The zero-order valence-corrected chi connectivity index (χ0v) is 4.52. The Kier molecular flexibility index (Phi) is 1.15. The molecular formula is C6H10O. The molecule has 0 aromatic carbocycles. The molecule has 0 heterocycles. The molecule has 0 aromatic rings. The third-order valence-corrected chi connectivity index (χ3v) is 1.31. The number of hydrogen-bond acceptors (Lipinski definition) is 1. The van der Waals surface area contributed by atoms with Crippen LogP contribution in [0.5, 0.6) is 0 Å². The van der Waals surface area contributed by atoms with E-state index in [1.807, 2.05) is 6.08 Å². The van der Waals surface area contributed by atoms with Gasteiger partial charge < -0.3 is 5.11 Å². The Bertz CT molecular complexity index is 94.4. The van der Waals surface area contributed by atoms with E-state index < -0.39 is 0 Å². The van der Waals surface area contributed by atoms with Gasteiger partial charge in [-0.1, -0.05) is 11.6 Å². The second-order valence-corrected chi connectivity index (χ2v) is 2.12. The van der Waals surface area contributed by atoms with Gasteiger partial charge >= 0.3 is 0 Å². The van der Waals surface area contributed by atoms with Crippen molar-refractivity contribution in [3.8, 4) is 0 Å². The molecule has 0 aromatic heterocycles. The van der Waals surface area contributed by atoms with E-state index in [0.29, 0.717) is 0 Å². The third-order valence-electron chi connectivity index (χ3n) is 1.31. The summed E-state index contributed by atoms with van der Waals surface area (Å²) in [6, 6.07) is 0. The molecule has 1 aliphatic rings. The lowest BCUT2D eigenvalue weighted by atomic mass is 10.3. The van der Waals surface area contributed by atoms with Crippen molar-refractivity contribution in [1.29, 1.82) is 0 Å². The van der Waals surface area contributed by atoms with Gasteiger partial charge in [-0.2, -0.15) is 0 Å². The smallest absolute Gasteiger partial charge is 0.0726 e. The standard InChI is InChI=1S/C6H10O/c1-5-2-3-6(7)4-5/h4,6-7H,2-3H2,1H3/t6-/m1/s1. The summed E-state index contributed by atoms with van der Waals surface area (Å²) in [5, 5.41) is 8.82. The summed E-state index contributed by atoms with van der Waals surface area (Å²) in [6.45, 7) is 2.05. The van der Waals surface area contributed by atoms with Crippen molar-refractivity contribution in [1.82, 2.24) is 0 Å². The molecule has 0 unspecified atom stereocenters. The fourth-order valence-electron chi connectivity index (χ4n) is 0.871. The number of aliphatic hydroxyl groups is 1. The Morgan fingerprint density at radius 2 is 2.57 bits per heavy atom. The van der Waals surface area contributed by atoms with E-state index >= 15 is 0 Å². The highest BCUT2D eigenvalue weighted by atomic mass is 16.3. The first kappa shape index (κ1) is 4.85. The first-order valence-electron chi connectivity index (χ1n) is 2.64. The van der Waals surface area contributed by atoms with Gasteiger partial charge in [-0.05, 0) is 19.8 Å². The van der Waals surface area contributed by atoms with Crippen LogP contribution in [-0.2, 0) is 0 Å². The molecule has 0 amide bonds. The Labute approximate surface area is 43.7 Å². The van der Waals surface area contributed by atoms with Crippen LogP contribution in [0.3, 0.4) is 0 Å². The second-order valence-electron chi connectivity index (χ2n) is 2.12. The van der Waals surface area contributed by atoms with Crippen molar-refractivity contribution in [2.75, 3.05) is 0 Å². The topological polar surface area (TPSA) is 20.2 Å². The maximum absolute atomic E-state index is 8.82. The van der Waals surface area contributed by atoms with Gasteiger partial charge in [0.2, 0.25) is 0 Å². The summed E-state index contributed by atoms with van der Waals surface area (Å²) in [6.07, 6.45) is 3.80. The van der Waals surface area contributed by atoms with Crippen molar-refractivity contribution in [3.63, 3.8) is 0 Å². The first-order chi connectivity index (χ1) is 3.29. The second kappa shape index (κ2) is 1.66. The highest BCUT2D eigenvalue weighted by Gasteiger charge is 2.07. The van der Waals surface area contributed by atoms with Crippen LogP contribution in [0.2, 0.25) is 0 Å². The molecule has 1 N–H and O–H groups in total. The van der Waals surface area contributed by atoms with E-state index in [4.69, 9.17) is 5.11 Å². The quantitative estimate of drug-likeness (QED) is 0.449. The molecule has 0 spiro atoms. The molecular weight excluding hydrogens is 88.1 g/mol. The van der Waals surface area contributed by atoms with E-state index in [1.165, 1.54) is 5.57 Å². The zero-order chi connectivity index (χ0) is 5.28. The average Bonchev–Trinajstić information content (AvgIpc) is 1.87. The summed E-state index contributed by atoms with van der Waals surface area (Å²) in [4.78, 5) is 0. The fraction of sp³-hybridized carbons (Fsp3) is 0.667. The van der Waals surface area contributed by atoms with Crippen LogP contribution in [0.1, 0.15) is 19.8 Å². The Hall–Kier alpha value is -0.300. The molecule has 7 heavy (non-hydrogen) atoms. The first-order valence-corrected chi connectivity index (χ1v) is 2.64. The summed E-state index contributed by atoms with van der Waals surface area (Å²) in [7, 11) is 0.